The third-order valence-corrected chi connectivity index (χ3v) is 3.42. The monoisotopic (exact) mass is 310 g/mol. The summed E-state index contributed by atoms with van der Waals surface area (Å²) in [5, 5.41) is 4.94. The molecule has 8 heteroatoms. The van der Waals surface area contributed by atoms with E-state index in [9.17, 15) is 18.0 Å². The molecular formula is C13H25F3N4O. The summed E-state index contributed by atoms with van der Waals surface area (Å²) in [5.41, 5.74) is 0. The lowest BCUT2D eigenvalue weighted by atomic mass is 10.3. The highest BCUT2D eigenvalue weighted by molar-refractivity contribution is 5.75. The van der Waals surface area contributed by atoms with Crippen LogP contribution in [0.25, 0.3) is 0 Å². The number of hydrogen-bond donors (Lipinski definition) is 2. The number of nitrogens with zero attached hydrogens (tertiary/aromatic N) is 2. The van der Waals surface area contributed by atoms with E-state index in [2.05, 4.69) is 27.5 Å². The normalized spacial score (nSPS) is 17.9. The standard InChI is InChI=1S/C13H25F3N4O/c1-19-7-9-20(10-8-19)6-2-4-18-12(21)3-5-17-11-13(14,15)16/h17H,2-11H2,1H3,(H,18,21). The number of amides is 1. The number of carbonyl (C=O) groups is 1. The molecule has 21 heavy (non-hydrogen) atoms. The van der Waals surface area contributed by atoms with E-state index >= 15 is 0 Å². The third-order valence-electron chi connectivity index (χ3n) is 3.42. The molecule has 124 valence electrons. The van der Waals surface area contributed by atoms with Gasteiger partial charge in [-0.15, -0.1) is 0 Å². The number of hydrogen-bond acceptors (Lipinski definition) is 4. The molecule has 1 amide bonds. The Hall–Kier alpha value is -0.860. The minimum atomic E-state index is -4.22. The van der Waals surface area contributed by atoms with Crippen molar-refractivity contribution in [2.24, 2.45) is 0 Å². The van der Waals surface area contributed by atoms with Gasteiger partial charge < -0.3 is 20.4 Å². The van der Waals surface area contributed by atoms with Crippen molar-refractivity contribution in [2.75, 3.05) is 59.4 Å². The second kappa shape index (κ2) is 9.22. The molecule has 1 saturated heterocycles. The van der Waals surface area contributed by atoms with Crippen LogP contribution in [0.2, 0.25) is 0 Å². The zero-order valence-electron chi connectivity index (χ0n) is 12.5. The highest BCUT2D eigenvalue weighted by atomic mass is 19.4. The fraction of sp³-hybridized carbons (Fsp3) is 0.923. The van der Waals surface area contributed by atoms with Gasteiger partial charge in [0.15, 0.2) is 0 Å². The molecule has 1 fully saturated rings. The SMILES string of the molecule is CN1CCN(CCCNC(=O)CCNCC(F)(F)F)CC1. The van der Waals surface area contributed by atoms with Crippen LogP contribution < -0.4 is 10.6 Å². The molecule has 0 unspecified atom stereocenters. The summed E-state index contributed by atoms with van der Waals surface area (Å²) in [6, 6.07) is 0. The maximum atomic E-state index is 11.9. The molecule has 2 N–H and O–H groups in total. The predicted octanol–water partition coefficient (Wildman–Crippen LogP) is 0.282. The number of nitrogens with one attached hydrogen (secondary N) is 2. The predicted molar refractivity (Wildman–Crippen MR) is 75.1 cm³/mol. The Morgan fingerprint density at radius 1 is 1.14 bits per heavy atom. The molecule has 1 aliphatic rings. The zero-order chi connectivity index (χ0) is 15.7. The molecule has 0 bridgehead atoms. The quantitative estimate of drug-likeness (QED) is 0.633. The van der Waals surface area contributed by atoms with Gasteiger partial charge in [-0.2, -0.15) is 13.2 Å². The van der Waals surface area contributed by atoms with Crippen molar-refractivity contribution >= 4 is 5.91 Å². The van der Waals surface area contributed by atoms with Gasteiger partial charge in [-0.1, -0.05) is 0 Å². The summed E-state index contributed by atoms with van der Waals surface area (Å²) < 4.78 is 35.6. The van der Waals surface area contributed by atoms with Crippen LogP contribution >= 0.6 is 0 Å². The van der Waals surface area contributed by atoms with Crippen molar-refractivity contribution in [1.29, 1.82) is 0 Å². The first-order valence-electron chi connectivity index (χ1n) is 7.32. The molecule has 5 nitrogen and oxygen atoms in total. The summed E-state index contributed by atoms with van der Waals surface area (Å²) in [7, 11) is 2.10. The largest absolute Gasteiger partial charge is 0.401 e. The Kier molecular flexibility index (Phi) is 7.98. The third kappa shape index (κ3) is 9.65. The Bertz CT molecular complexity index is 304. The van der Waals surface area contributed by atoms with E-state index in [-0.39, 0.29) is 18.9 Å². The van der Waals surface area contributed by atoms with Crippen molar-refractivity contribution in [2.45, 2.75) is 19.0 Å². The van der Waals surface area contributed by atoms with Crippen molar-refractivity contribution in [3.63, 3.8) is 0 Å². The molecule has 0 aromatic carbocycles. The second-order valence-corrected chi connectivity index (χ2v) is 5.39. The van der Waals surface area contributed by atoms with E-state index in [1.54, 1.807) is 0 Å². The lowest BCUT2D eigenvalue weighted by molar-refractivity contribution is -0.127. The lowest BCUT2D eigenvalue weighted by Crippen LogP contribution is -2.45. The van der Waals surface area contributed by atoms with Crippen molar-refractivity contribution in [3.8, 4) is 0 Å². The van der Waals surface area contributed by atoms with Crippen molar-refractivity contribution in [1.82, 2.24) is 20.4 Å². The first-order chi connectivity index (χ1) is 9.87. The maximum absolute atomic E-state index is 11.9. The van der Waals surface area contributed by atoms with Gasteiger partial charge in [0.2, 0.25) is 5.91 Å². The van der Waals surface area contributed by atoms with E-state index in [0.29, 0.717) is 6.54 Å². The fourth-order valence-electron chi connectivity index (χ4n) is 2.12. The van der Waals surface area contributed by atoms with Crippen LogP contribution in [-0.2, 0) is 4.79 Å². The number of halogens is 3. The zero-order valence-corrected chi connectivity index (χ0v) is 12.5. The van der Waals surface area contributed by atoms with Crippen LogP contribution in [-0.4, -0.2) is 81.3 Å². The first-order valence-corrected chi connectivity index (χ1v) is 7.32. The number of alkyl halides is 3. The maximum Gasteiger partial charge on any atom is 0.401 e. The van der Waals surface area contributed by atoms with Crippen LogP contribution in [0.5, 0.6) is 0 Å². The van der Waals surface area contributed by atoms with Gasteiger partial charge in [0, 0.05) is 45.7 Å². The molecule has 0 spiro atoms. The number of likely N-dealkylation sites (N-methyl/N-ethyl adjacent to an activating group) is 1. The van der Waals surface area contributed by atoms with Crippen LogP contribution in [0.4, 0.5) is 13.2 Å². The molecule has 1 heterocycles. The smallest absolute Gasteiger partial charge is 0.356 e. The summed E-state index contributed by atoms with van der Waals surface area (Å²) in [4.78, 5) is 16.1. The molecule has 0 aromatic heterocycles. The summed E-state index contributed by atoms with van der Waals surface area (Å²) in [5.74, 6) is -0.206. The molecule has 1 aliphatic heterocycles. The van der Waals surface area contributed by atoms with E-state index in [1.165, 1.54) is 0 Å². The van der Waals surface area contributed by atoms with E-state index in [0.717, 1.165) is 39.1 Å². The highest BCUT2D eigenvalue weighted by Crippen LogP contribution is 2.11. The molecular weight excluding hydrogens is 285 g/mol. The van der Waals surface area contributed by atoms with Gasteiger partial charge in [0.05, 0.1) is 6.54 Å². The van der Waals surface area contributed by atoms with Crippen molar-refractivity contribution in [3.05, 3.63) is 0 Å². The summed E-state index contributed by atoms with van der Waals surface area (Å²) in [6.07, 6.45) is -3.28. The van der Waals surface area contributed by atoms with Gasteiger partial charge >= 0.3 is 6.18 Å². The Labute approximate surface area is 123 Å². The molecule has 1 rings (SSSR count). The van der Waals surface area contributed by atoms with Gasteiger partial charge in [0.1, 0.15) is 0 Å². The van der Waals surface area contributed by atoms with Gasteiger partial charge in [-0.05, 0) is 20.0 Å². The van der Waals surface area contributed by atoms with E-state index in [4.69, 9.17) is 0 Å². The number of rotatable bonds is 8. The summed E-state index contributed by atoms with van der Waals surface area (Å²) in [6.45, 7) is 4.74. The molecule has 0 atom stereocenters. The molecule has 0 aliphatic carbocycles. The van der Waals surface area contributed by atoms with Crippen LogP contribution in [0.15, 0.2) is 0 Å². The number of carbonyl (C=O) groups excluding carboxylic acids is 1. The van der Waals surface area contributed by atoms with Crippen LogP contribution in [0.3, 0.4) is 0 Å². The van der Waals surface area contributed by atoms with Crippen LogP contribution in [0.1, 0.15) is 12.8 Å². The van der Waals surface area contributed by atoms with E-state index in [1.807, 2.05) is 0 Å². The topological polar surface area (TPSA) is 47.6 Å². The summed E-state index contributed by atoms with van der Waals surface area (Å²) >= 11 is 0. The molecule has 0 saturated carbocycles. The minimum Gasteiger partial charge on any atom is -0.356 e. The average molecular weight is 310 g/mol. The minimum absolute atomic E-state index is 0.0454. The van der Waals surface area contributed by atoms with Gasteiger partial charge in [-0.25, -0.2) is 0 Å². The Morgan fingerprint density at radius 2 is 1.81 bits per heavy atom. The number of piperazine rings is 1. The Morgan fingerprint density at radius 3 is 2.43 bits per heavy atom. The van der Waals surface area contributed by atoms with Gasteiger partial charge in [0.25, 0.3) is 0 Å². The van der Waals surface area contributed by atoms with Crippen molar-refractivity contribution < 1.29 is 18.0 Å². The Balaban J connectivity index is 1.94. The fourth-order valence-corrected chi connectivity index (χ4v) is 2.12. The molecule has 0 radical (unpaired) electrons. The molecule has 0 aromatic rings. The lowest BCUT2D eigenvalue weighted by Gasteiger charge is -2.32. The second-order valence-electron chi connectivity index (χ2n) is 5.39. The van der Waals surface area contributed by atoms with Crippen LogP contribution in [0, 0.1) is 0 Å². The first kappa shape index (κ1) is 18.2. The van der Waals surface area contributed by atoms with Gasteiger partial charge in [-0.3, -0.25) is 4.79 Å². The highest BCUT2D eigenvalue weighted by Gasteiger charge is 2.26. The van der Waals surface area contributed by atoms with E-state index < -0.39 is 12.7 Å². The average Bonchev–Trinajstić information content (AvgIpc) is 2.41.